The molecule has 25 heavy (non-hydrogen) atoms. The van der Waals surface area contributed by atoms with Crippen molar-refractivity contribution in [2.24, 2.45) is 0 Å². The maximum absolute atomic E-state index is 12.5. The molecular weight excluding hydrogens is 336 g/mol. The number of nitrogens with zero attached hydrogens (tertiary/aromatic N) is 4. The van der Waals surface area contributed by atoms with Crippen LogP contribution in [0.1, 0.15) is 21.7 Å². The van der Waals surface area contributed by atoms with Gasteiger partial charge in [-0.05, 0) is 13.0 Å². The average molecular weight is 350 g/mol. The summed E-state index contributed by atoms with van der Waals surface area (Å²) in [5.74, 6) is -0.444. The van der Waals surface area contributed by atoms with Crippen molar-refractivity contribution < 1.29 is 9.53 Å². The molecule has 0 aliphatic heterocycles. The Balaban J connectivity index is 1.51. The van der Waals surface area contributed by atoms with Gasteiger partial charge in [-0.3, -0.25) is 0 Å². The summed E-state index contributed by atoms with van der Waals surface area (Å²) in [6.07, 6.45) is 3.37. The fourth-order valence-corrected chi connectivity index (χ4v) is 3.34. The summed E-state index contributed by atoms with van der Waals surface area (Å²) in [5, 5.41) is 7.08. The zero-order valence-electron chi connectivity index (χ0n) is 13.4. The van der Waals surface area contributed by atoms with E-state index in [1.807, 2.05) is 35.7 Å². The Kier molecular flexibility index (Phi) is 3.99. The molecule has 3 heterocycles. The molecule has 4 rings (SSSR count). The van der Waals surface area contributed by atoms with Crippen molar-refractivity contribution in [3.8, 4) is 10.6 Å². The van der Waals surface area contributed by atoms with E-state index in [2.05, 4.69) is 15.1 Å². The van der Waals surface area contributed by atoms with Gasteiger partial charge in [0.05, 0.1) is 11.4 Å². The fourth-order valence-electron chi connectivity index (χ4n) is 2.53. The Bertz CT molecular complexity index is 1040. The topological polar surface area (TPSA) is 69.4 Å². The van der Waals surface area contributed by atoms with E-state index in [0.717, 1.165) is 16.3 Å². The van der Waals surface area contributed by atoms with E-state index in [0.29, 0.717) is 16.9 Å². The van der Waals surface area contributed by atoms with Crippen molar-refractivity contribution in [1.29, 1.82) is 0 Å². The number of fused-ring (bicyclic) bond motifs is 1. The lowest BCUT2D eigenvalue weighted by atomic mass is 10.2. The monoisotopic (exact) mass is 350 g/mol. The minimum Gasteiger partial charge on any atom is -0.455 e. The number of aryl methyl sites for hydroxylation is 1. The molecule has 0 radical (unpaired) electrons. The molecule has 0 unspecified atom stereocenters. The van der Waals surface area contributed by atoms with Gasteiger partial charge in [0.25, 0.3) is 0 Å². The molecule has 1 aromatic carbocycles. The molecule has 6 nitrogen and oxygen atoms in total. The van der Waals surface area contributed by atoms with Gasteiger partial charge in [0.15, 0.2) is 5.65 Å². The molecule has 0 N–H and O–H groups in total. The SMILES string of the molecule is Cc1nn2cccnc2c1C(=O)OCc1csc(-c2ccccc2)n1. The second kappa shape index (κ2) is 6.45. The van der Waals surface area contributed by atoms with E-state index < -0.39 is 5.97 Å². The molecule has 0 saturated carbocycles. The Morgan fingerprint density at radius 3 is 2.92 bits per heavy atom. The van der Waals surface area contributed by atoms with Crippen LogP contribution in [0, 0.1) is 6.92 Å². The first-order chi connectivity index (χ1) is 12.2. The van der Waals surface area contributed by atoms with Gasteiger partial charge in [-0.25, -0.2) is 19.3 Å². The van der Waals surface area contributed by atoms with E-state index in [1.165, 1.54) is 11.3 Å². The molecule has 0 fully saturated rings. The number of carbonyl (C=O) groups is 1. The zero-order valence-corrected chi connectivity index (χ0v) is 14.2. The van der Waals surface area contributed by atoms with Crippen molar-refractivity contribution in [2.75, 3.05) is 0 Å². The molecule has 0 bridgehead atoms. The normalized spacial score (nSPS) is 10.9. The van der Waals surface area contributed by atoms with Crippen LogP contribution in [-0.4, -0.2) is 25.6 Å². The maximum Gasteiger partial charge on any atom is 0.344 e. The summed E-state index contributed by atoms with van der Waals surface area (Å²) < 4.78 is 6.99. The number of hydrogen-bond acceptors (Lipinski definition) is 6. The van der Waals surface area contributed by atoms with Crippen LogP contribution in [0.15, 0.2) is 54.2 Å². The lowest BCUT2D eigenvalue weighted by Gasteiger charge is -2.02. The minimum absolute atomic E-state index is 0.117. The molecule has 0 atom stereocenters. The van der Waals surface area contributed by atoms with Gasteiger partial charge in [-0.2, -0.15) is 5.10 Å². The van der Waals surface area contributed by atoms with Crippen molar-refractivity contribution in [3.63, 3.8) is 0 Å². The van der Waals surface area contributed by atoms with Gasteiger partial charge < -0.3 is 4.74 Å². The highest BCUT2D eigenvalue weighted by atomic mass is 32.1. The van der Waals surface area contributed by atoms with Gasteiger partial charge in [0, 0.05) is 23.3 Å². The first-order valence-electron chi connectivity index (χ1n) is 7.69. The second-order valence-electron chi connectivity index (χ2n) is 5.43. The van der Waals surface area contributed by atoms with Crippen LogP contribution in [0.3, 0.4) is 0 Å². The molecule has 0 aliphatic carbocycles. The smallest absolute Gasteiger partial charge is 0.344 e. The fraction of sp³-hybridized carbons (Fsp3) is 0.111. The van der Waals surface area contributed by atoms with E-state index >= 15 is 0 Å². The first-order valence-corrected chi connectivity index (χ1v) is 8.57. The van der Waals surface area contributed by atoms with Crippen LogP contribution in [0.4, 0.5) is 0 Å². The number of esters is 1. The van der Waals surface area contributed by atoms with Gasteiger partial charge >= 0.3 is 5.97 Å². The quantitative estimate of drug-likeness (QED) is 0.527. The van der Waals surface area contributed by atoms with E-state index in [1.54, 1.807) is 29.9 Å². The standard InChI is InChI=1S/C18H14N4O2S/c1-12-15(16-19-8-5-9-22(16)21-12)18(23)24-10-14-11-25-17(20-14)13-6-3-2-4-7-13/h2-9,11H,10H2,1H3. The lowest BCUT2D eigenvalue weighted by Crippen LogP contribution is -2.07. The van der Waals surface area contributed by atoms with Gasteiger partial charge in [-0.1, -0.05) is 30.3 Å². The van der Waals surface area contributed by atoms with Crippen molar-refractivity contribution in [2.45, 2.75) is 13.5 Å². The first kappa shape index (κ1) is 15.5. The number of aromatic nitrogens is 4. The highest BCUT2D eigenvalue weighted by Gasteiger charge is 2.20. The molecule has 0 saturated heterocycles. The van der Waals surface area contributed by atoms with Crippen LogP contribution >= 0.6 is 11.3 Å². The van der Waals surface area contributed by atoms with Crippen LogP contribution in [0.2, 0.25) is 0 Å². The number of carbonyl (C=O) groups excluding carboxylic acids is 1. The molecule has 7 heteroatoms. The maximum atomic E-state index is 12.5. The summed E-state index contributed by atoms with van der Waals surface area (Å²) in [6.45, 7) is 1.88. The second-order valence-corrected chi connectivity index (χ2v) is 6.29. The Morgan fingerprint density at radius 1 is 1.24 bits per heavy atom. The van der Waals surface area contributed by atoms with Crippen LogP contribution in [0.5, 0.6) is 0 Å². The van der Waals surface area contributed by atoms with Gasteiger partial charge in [-0.15, -0.1) is 11.3 Å². The predicted molar refractivity (Wildman–Crippen MR) is 94.4 cm³/mol. The minimum atomic E-state index is -0.444. The van der Waals surface area contributed by atoms with Crippen LogP contribution in [0.25, 0.3) is 16.2 Å². The van der Waals surface area contributed by atoms with E-state index in [9.17, 15) is 4.79 Å². The summed E-state index contributed by atoms with van der Waals surface area (Å²) in [4.78, 5) is 21.2. The molecule has 124 valence electrons. The average Bonchev–Trinajstić information content (AvgIpc) is 3.24. The molecule has 3 aromatic heterocycles. The number of ether oxygens (including phenoxy) is 1. The van der Waals surface area contributed by atoms with E-state index in [-0.39, 0.29) is 6.61 Å². The number of hydrogen-bond donors (Lipinski definition) is 0. The molecule has 0 spiro atoms. The van der Waals surface area contributed by atoms with Gasteiger partial charge in [0.2, 0.25) is 0 Å². The third-order valence-electron chi connectivity index (χ3n) is 3.70. The highest BCUT2D eigenvalue weighted by Crippen LogP contribution is 2.24. The zero-order chi connectivity index (χ0) is 17.2. The summed E-state index contributed by atoms with van der Waals surface area (Å²) >= 11 is 1.53. The summed E-state index contributed by atoms with van der Waals surface area (Å²) in [5.41, 5.74) is 3.24. The molecule has 4 aromatic rings. The number of benzene rings is 1. The number of rotatable bonds is 4. The largest absolute Gasteiger partial charge is 0.455 e. The Morgan fingerprint density at radius 2 is 2.08 bits per heavy atom. The summed E-state index contributed by atoms with van der Waals surface area (Å²) in [6, 6.07) is 11.7. The Labute approximate surface area is 147 Å². The van der Waals surface area contributed by atoms with Crippen molar-refractivity contribution >= 4 is 23.0 Å². The lowest BCUT2D eigenvalue weighted by molar-refractivity contribution is 0.0469. The van der Waals surface area contributed by atoms with Crippen LogP contribution in [-0.2, 0) is 11.3 Å². The van der Waals surface area contributed by atoms with E-state index in [4.69, 9.17) is 4.74 Å². The third kappa shape index (κ3) is 3.01. The van der Waals surface area contributed by atoms with Crippen LogP contribution < -0.4 is 0 Å². The van der Waals surface area contributed by atoms with Gasteiger partial charge in [0.1, 0.15) is 17.2 Å². The Hall–Kier alpha value is -3.06. The molecule has 0 aliphatic rings. The van der Waals surface area contributed by atoms with Crippen molar-refractivity contribution in [3.05, 3.63) is 71.1 Å². The molecule has 0 amide bonds. The molecular formula is C18H14N4O2S. The third-order valence-corrected chi connectivity index (χ3v) is 4.64. The highest BCUT2D eigenvalue weighted by molar-refractivity contribution is 7.13. The van der Waals surface area contributed by atoms with Crippen molar-refractivity contribution in [1.82, 2.24) is 19.6 Å². The number of thiazole rings is 1. The predicted octanol–water partition coefficient (Wildman–Crippen LogP) is 3.52. The summed E-state index contributed by atoms with van der Waals surface area (Å²) in [7, 11) is 0.